The van der Waals surface area contributed by atoms with E-state index in [0.717, 1.165) is 11.1 Å². The van der Waals surface area contributed by atoms with Gasteiger partial charge in [0.1, 0.15) is 6.61 Å². The minimum absolute atomic E-state index is 0.127. The predicted octanol–water partition coefficient (Wildman–Crippen LogP) is 3.76. The van der Waals surface area contributed by atoms with Crippen molar-refractivity contribution in [2.75, 3.05) is 13.1 Å². The van der Waals surface area contributed by atoms with Gasteiger partial charge >= 0.3 is 6.09 Å². The Balaban J connectivity index is 1.69. The molecule has 4 unspecified atom stereocenters. The van der Waals surface area contributed by atoms with Crippen LogP contribution in [-0.2, 0) is 32.8 Å². The van der Waals surface area contributed by atoms with Crippen molar-refractivity contribution >= 4 is 22.2 Å². The third kappa shape index (κ3) is 11.6. The second-order valence-corrected chi connectivity index (χ2v) is 14.4. The maximum absolute atomic E-state index is 13.4. The average molecular weight is 617 g/mol. The highest BCUT2D eigenvalue weighted by Gasteiger charge is 2.40. The molecule has 1 aliphatic carbocycles. The average Bonchev–Trinajstić information content (AvgIpc) is 2.91. The first-order valence-corrected chi connectivity index (χ1v) is 16.5. The summed E-state index contributed by atoms with van der Waals surface area (Å²) < 4.78 is 35.9. The Morgan fingerprint density at radius 2 is 1.60 bits per heavy atom. The molecule has 2 aromatic rings. The molecular weight excluding hydrogens is 568 g/mol. The van der Waals surface area contributed by atoms with Crippen molar-refractivity contribution in [3.05, 3.63) is 71.8 Å². The predicted molar refractivity (Wildman–Crippen MR) is 167 cm³/mol. The van der Waals surface area contributed by atoms with E-state index in [2.05, 4.69) is 15.4 Å². The second-order valence-electron chi connectivity index (χ2n) is 12.8. The van der Waals surface area contributed by atoms with E-state index < -0.39 is 45.9 Å². The van der Waals surface area contributed by atoms with Crippen LogP contribution < -0.4 is 15.4 Å². The number of hydrogen-bond acceptors (Lipinski definition) is 6. The van der Waals surface area contributed by atoms with E-state index in [0.29, 0.717) is 25.7 Å². The molecule has 0 aromatic heterocycles. The van der Waals surface area contributed by atoms with Gasteiger partial charge in [0.05, 0.1) is 18.1 Å². The lowest BCUT2D eigenvalue weighted by atomic mass is 9.78. The van der Waals surface area contributed by atoms with Crippen LogP contribution in [0.1, 0.15) is 65.0 Å². The summed E-state index contributed by atoms with van der Waals surface area (Å²) >= 11 is 0. The smallest absolute Gasteiger partial charge is 0.407 e. The monoisotopic (exact) mass is 616 g/mol. The quantitative estimate of drug-likeness (QED) is 0.241. The fourth-order valence-corrected chi connectivity index (χ4v) is 6.44. The first kappa shape index (κ1) is 34.5. The van der Waals surface area contributed by atoms with Crippen molar-refractivity contribution in [1.82, 2.24) is 19.7 Å². The number of alkyl carbamates (subject to hydrolysis) is 1. The zero-order chi connectivity index (χ0) is 31.6. The molecule has 0 radical (unpaired) electrons. The van der Waals surface area contributed by atoms with E-state index >= 15 is 0 Å². The number of hydrogen-bond donors (Lipinski definition) is 4. The van der Waals surface area contributed by atoms with Crippen molar-refractivity contribution < 1.29 is 27.9 Å². The SMILES string of the molecule is CC(C)CCN(CC(O)C(Cc1ccccc1)NC(=O)C1CCC1NC(=O)OCc1ccccc1)S(=O)(=O)NC(C)(C)C. The van der Waals surface area contributed by atoms with E-state index in [-0.39, 0.29) is 31.5 Å². The lowest BCUT2D eigenvalue weighted by molar-refractivity contribution is -0.130. The zero-order valence-corrected chi connectivity index (χ0v) is 26.8. The van der Waals surface area contributed by atoms with Crippen LogP contribution in [0, 0.1) is 11.8 Å². The Morgan fingerprint density at radius 3 is 2.14 bits per heavy atom. The first-order valence-electron chi connectivity index (χ1n) is 15.0. The molecule has 238 valence electrons. The molecule has 4 N–H and O–H groups in total. The third-order valence-electron chi connectivity index (χ3n) is 7.34. The highest BCUT2D eigenvalue weighted by atomic mass is 32.2. The molecule has 2 aromatic carbocycles. The lowest BCUT2D eigenvalue weighted by Gasteiger charge is -2.37. The molecule has 0 aliphatic heterocycles. The molecular formula is C32H48N4O6S. The van der Waals surface area contributed by atoms with Crippen molar-refractivity contribution in [1.29, 1.82) is 0 Å². The molecule has 0 heterocycles. The van der Waals surface area contributed by atoms with Crippen LogP contribution in [0.25, 0.3) is 0 Å². The Labute approximate surface area is 256 Å². The number of amides is 2. The van der Waals surface area contributed by atoms with Gasteiger partial charge in [-0.2, -0.15) is 17.4 Å². The summed E-state index contributed by atoms with van der Waals surface area (Å²) in [5.74, 6) is -0.534. The van der Waals surface area contributed by atoms with Crippen molar-refractivity contribution in [2.45, 2.75) is 90.6 Å². The van der Waals surface area contributed by atoms with Crippen LogP contribution in [0.5, 0.6) is 0 Å². The highest BCUT2D eigenvalue weighted by molar-refractivity contribution is 7.87. The summed E-state index contributed by atoms with van der Waals surface area (Å²) in [6.07, 6.45) is 0.351. The molecule has 1 fully saturated rings. The second kappa shape index (κ2) is 15.7. The number of aliphatic hydroxyl groups excluding tert-OH is 1. The molecule has 0 saturated heterocycles. The molecule has 2 amide bonds. The van der Waals surface area contributed by atoms with Gasteiger partial charge in [-0.05, 0) is 63.5 Å². The summed E-state index contributed by atoms with van der Waals surface area (Å²) in [4.78, 5) is 25.8. The summed E-state index contributed by atoms with van der Waals surface area (Å²) in [7, 11) is -3.91. The Hall–Kier alpha value is -2.99. The summed E-state index contributed by atoms with van der Waals surface area (Å²) in [5, 5.41) is 17.2. The van der Waals surface area contributed by atoms with Crippen LogP contribution in [0.2, 0.25) is 0 Å². The van der Waals surface area contributed by atoms with E-state index in [4.69, 9.17) is 4.74 Å². The topological polar surface area (TPSA) is 137 Å². The largest absolute Gasteiger partial charge is 0.445 e. The van der Waals surface area contributed by atoms with E-state index in [1.54, 1.807) is 20.8 Å². The maximum atomic E-state index is 13.4. The van der Waals surface area contributed by atoms with Crippen molar-refractivity contribution in [2.24, 2.45) is 11.8 Å². The van der Waals surface area contributed by atoms with Crippen LogP contribution in [0.15, 0.2) is 60.7 Å². The minimum Gasteiger partial charge on any atom is -0.445 e. The van der Waals surface area contributed by atoms with Gasteiger partial charge in [0.2, 0.25) is 5.91 Å². The van der Waals surface area contributed by atoms with Crippen molar-refractivity contribution in [3.8, 4) is 0 Å². The molecule has 11 heteroatoms. The number of ether oxygens (including phenoxy) is 1. The summed E-state index contributed by atoms with van der Waals surface area (Å²) in [5.41, 5.74) is 1.05. The highest BCUT2D eigenvalue weighted by Crippen LogP contribution is 2.28. The zero-order valence-electron chi connectivity index (χ0n) is 26.0. The van der Waals surface area contributed by atoms with Crippen LogP contribution in [0.3, 0.4) is 0 Å². The molecule has 3 rings (SSSR count). The standard InChI is InChI=1S/C32H48N4O6S/c1-23(2)18-19-36(43(40,41)35-32(3,4)5)21-29(37)28(20-24-12-8-6-9-13-24)33-30(38)26-16-17-27(26)34-31(39)42-22-25-14-10-7-11-15-25/h6-15,23,26-29,35,37H,16-22H2,1-5H3,(H,33,38)(H,34,39). The fourth-order valence-electron chi connectivity index (χ4n) is 4.84. The Kier molecular flexibility index (Phi) is 12.6. The Morgan fingerprint density at radius 1 is 1.00 bits per heavy atom. The van der Waals surface area contributed by atoms with Gasteiger partial charge in [-0.15, -0.1) is 0 Å². The van der Waals surface area contributed by atoms with Crippen LogP contribution >= 0.6 is 0 Å². The van der Waals surface area contributed by atoms with Gasteiger partial charge in [0.15, 0.2) is 0 Å². The number of benzene rings is 2. The van der Waals surface area contributed by atoms with Crippen molar-refractivity contribution in [3.63, 3.8) is 0 Å². The van der Waals surface area contributed by atoms with E-state index in [1.807, 2.05) is 74.5 Å². The molecule has 0 bridgehead atoms. The van der Waals surface area contributed by atoms with E-state index in [9.17, 15) is 23.1 Å². The number of nitrogens with zero attached hydrogens (tertiary/aromatic N) is 1. The lowest BCUT2D eigenvalue weighted by Crippen LogP contribution is -2.58. The van der Waals surface area contributed by atoms with E-state index in [1.165, 1.54) is 4.31 Å². The van der Waals surface area contributed by atoms with Gasteiger partial charge in [0.25, 0.3) is 10.2 Å². The fraction of sp³-hybridized carbons (Fsp3) is 0.562. The van der Waals surface area contributed by atoms with Crippen LogP contribution in [-0.4, -0.2) is 66.6 Å². The third-order valence-corrected chi connectivity index (χ3v) is 9.22. The number of rotatable bonds is 15. The van der Waals surface area contributed by atoms with Crippen LogP contribution in [0.4, 0.5) is 4.79 Å². The number of aliphatic hydroxyl groups is 1. The first-order chi connectivity index (χ1) is 20.2. The molecule has 0 spiro atoms. The Bertz CT molecular complexity index is 1270. The molecule has 10 nitrogen and oxygen atoms in total. The molecule has 1 aliphatic rings. The van der Waals surface area contributed by atoms with Gasteiger partial charge in [-0.1, -0.05) is 74.5 Å². The number of carbonyl (C=O) groups excluding carboxylic acids is 2. The summed E-state index contributed by atoms with van der Waals surface area (Å²) in [6, 6.07) is 17.6. The molecule has 1 saturated carbocycles. The van der Waals surface area contributed by atoms with Gasteiger partial charge < -0.3 is 20.5 Å². The van der Waals surface area contributed by atoms with Gasteiger partial charge in [-0.25, -0.2) is 4.79 Å². The van der Waals surface area contributed by atoms with Gasteiger partial charge in [-0.3, -0.25) is 4.79 Å². The molecule has 4 atom stereocenters. The number of nitrogens with one attached hydrogen (secondary N) is 3. The molecule has 43 heavy (non-hydrogen) atoms. The van der Waals surface area contributed by atoms with Gasteiger partial charge in [0, 0.05) is 24.7 Å². The minimum atomic E-state index is -3.91. The number of carbonyl (C=O) groups is 2. The maximum Gasteiger partial charge on any atom is 0.407 e. The summed E-state index contributed by atoms with van der Waals surface area (Å²) in [6.45, 7) is 9.48. The normalized spacial score (nSPS) is 18.5.